The van der Waals surface area contributed by atoms with E-state index in [2.05, 4.69) is 72.6 Å². The molecule has 14 atom stereocenters. The van der Waals surface area contributed by atoms with Gasteiger partial charge in [0.15, 0.2) is 0 Å². The van der Waals surface area contributed by atoms with Crippen LogP contribution in [-0.2, 0) is 0 Å². The summed E-state index contributed by atoms with van der Waals surface area (Å²) in [5.74, 6) is -0.306. The number of aliphatic hydroxyl groups is 1. The molecule has 0 radical (unpaired) electrons. The molecule has 2 bridgehead atoms. The van der Waals surface area contributed by atoms with Crippen molar-refractivity contribution in [1.29, 1.82) is 0 Å². The first kappa shape index (κ1) is 32.3. The van der Waals surface area contributed by atoms with Gasteiger partial charge in [-0.05, 0) is 64.5 Å². The number of rotatable bonds is 4. The molecule has 5 fully saturated rings. The van der Waals surface area contributed by atoms with Gasteiger partial charge in [-0.1, -0.05) is 32.6 Å². The molecule has 1 aliphatic carbocycles. The van der Waals surface area contributed by atoms with Gasteiger partial charge in [0.05, 0.1) is 18.4 Å². The smallest absolute Gasteiger partial charge is 0.320 e. The van der Waals surface area contributed by atoms with Gasteiger partial charge in [-0.25, -0.2) is 13.6 Å². The van der Waals surface area contributed by atoms with Crippen LogP contribution in [0, 0.1) is 23.7 Å². The molecule has 12 unspecified atom stereocenters. The third kappa shape index (κ3) is 5.86. The van der Waals surface area contributed by atoms with E-state index in [0.717, 1.165) is 25.8 Å². The summed E-state index contributed by atoms with van der Waals surface area (Å²) in [6.45, 7) is 15.0. The molecule has 0 aromatic carbocycles. The Bertz CT molecular complexity index is 1070. The number of nitrogens with zero attached hydrogens (tertiary/aromatic N) is 3. The van der Waals surface area contributed by atoms with Gasteiger partial charge in [0.2, 0.25) is 0 Å². The second-order valence-electron chi connectivity index (χ2n) is 14.7. The predicted molar refractivity (Wildman–Crippen MR) is 168 cm³/mol. The van der Waals surface area contributed by atoms with Gasteiger partial charge in [-0.15, -0.1) is 0 Å². The molecular weight excluding hydrogens is 564 g/mol. The number of hydrogen-bond acceptors (Lipinski definition) is 7. The average Bonchev–Trinajstić information content (AvgIpc) is 2.99. The fraction of sp³-hybridized carbons (Fsp3) is 0.848. The number of nitrogens with one attached hydrogen (secondary N) is 4. The van der Waals surface area contributed by atoms with Crippen molar-refractivity contribution in [2.45, 2.75) is 127 Å². The summed E-state index contributed by atoms with van der Waals surface area (Å²) in [5, 5.41) is 24.9. The van der Waals surface area contributed by atoms with Crippen molar-refractivity contribution in [3.63, 3.8) is 0 Å². The number of carbonyl (C=O) groups is 1. The highest BCUT2D eigenvalue weighted by Crippen LogP contribution is 2.42. The maximum atomic E-state index is 16.6. The second kappa shape index (κ2) is 13.2. The lowest BCUT2D eigenvalue weighted by atomic mass is 9.71. The van der Waals surface area contributed by atoms with Gasteiger partial charge in [-0.2, -0.15) is 0 Å². The van der Waals surface area contributed by atoms with Crippen LogP contribution < -0.4 is 21.3 Å². The van der Waals surface area contributed by atoms with Gasteiger partial charge in [-0.3, -0.25) is 15.1 Å². The molecule has 0 aromatic rings. The molecule has 5 aliphatic heterocycles. The Morgan fingerprint density at radius 2 is 1.86 bits per heavy atom. The quantitative estimate of drug-likeness (QED) is 0.309. The molecule has 6 aliphatic rings. The van der Waals surface area contributed by atoms with Crippen LogP contribution in [0.3, 0.4) is 0 Å². The standard InChI is InChI=1S/C33H55F2N7O2/c1-6-26(43)40-16-20(5)41(17-19(40)4)31-22-15-24(35)29-27-23(34)10-7-11-25(27)36-13-8-9-21-12-14-37-28(18(2)3)30(21)42(32(22)38-29)33(44)39-31/h6,8-9,18-32,36-38,43H,1,7,10-17H2,2-5H3,(H,39,44)/b9-8+/t19-,20+,21?,22?,23?,24?,25?,26?,27?,28?,29?,30?,31?,32?/m1/s1. The highest BCUT2D eigenvalue weighted by molar-refractivity contribution is 5.76. The monoisotopic (exact) mass is 619 g/mol. The average molecular weight is 620 g/mol. The molecule has 0 aromatic heterocycles. The molecule has 9 nitrogen and oxygen atoms in total. The van der Waals surface area contributed by atoms with Gasteiger partial charge >= 0.3 is 6.03 Å². The topological polar surface area (TPSA) is 95.1 Å². The van der Waals surface area contributed by atoms with Gasteiger partial charge in [0.1, 0.15) is 18.6 Å². The Balaban J connectivity index is 1.39. The first-order valence-electron chi connectivity index (χ1n) is 17.2. The largest absolute Gasteiger partial charge is 0.375 e. The lowest BCUT2D eigenvalue weighted by Gasteiger charge is -2.60. The Morgan fingerprint density at radius 1 is 1.07 bits per heavy atom. The summed E-state index contributed by atoms with van der Waals surface area (Å²) < 4.78 is 32.4. The van der Waals surface area contributed by atoms with E-state index in [1.165, 1.54) is 0 Å². The molecule has 5 heterocycles. The van der Waals surface area contributed by atoms with Crippen LogP contribution in [0.5, 0.6) is 0 Å². The molecule has 6 rings (SSSR count). The Hall–Kier alpha value is -1.63. The van der Waals surface area contributed by atoms with E-state index in [9.17, 15) is 9.90 Å². The van der Waals surface area contributed by atoms with Crippen LogP contribution >= 0.6 is 0 Å². The van der Waals surface area contributed by atoms with Crippen LogP contribution in [-0.4, -0.2) is 119 Å². The van der Waals surface area contributed by atoms with E-state index in [1.807, 2.05) is 9.80 Å². The van der Waals surface area contributed by atoms with E-state index < -0.39 is 36.7 Å². The summed E-state index contributed by atoms with van der Waals surface area (Å²) in [6.07, 6.45) is 5.30. The molecule has 4 saturated heterocycles. The van der Waals surface area contributed by atoms with Crippen molar-refractivity contribution in [1.82, 2.24) is 36.0 Å². The third-order valence-corrected chi connectivity index (χ3v) is 11.7. The summed E-state index contributed by atoms with van der Waals surface area (Å²) in [4.78, 5) is 20.8. The van der Waals surface area contributed by atoms with Crippen molar-refractivity contribution in [2.75, 3.05) is 26.2 Å². The SMILES string of the molecule is C=CC(O)N1C[C@H](C)N(C2NC(=O)N3C4NC(C(F)CC42)C2C(F)CCCC2NC/C=C/C2CCNC(C(C)C)C23)C[C@H]1C. The third-order valence-electron chi connectivity index (χ3n) is 11.7. The highest BCUT2D eigenvalue weighted by Gasteiger charge is 2.57. The molecule has 11 heteroatoms. The number of piperidine rings is 2. The molecular formula is C33H55F2N7O2. The number of aliphatic hydroxyl groups excluding tert-OH is 1. The Kier molecular flexibility index (Phi) is 9.72. The maximum absolute atomic E-state index is 16.6. The van der Waals surface area contributed by atoms with Gasteiger partial charge in [0, 0.05) is 67.6 Å². The first-order chi connectivity index (χ1) is 21.1. The van der Waals surface area contributed by atoms with E-state index in [1.54, 1.807) is 6.08 Å². The lowest BCUT2D eigenvalue weighted by Crippen LogP contribution is -2.80. The molecule has 44 heavy (non-hydrogen) atoms. The molecule has 248 valence electrons. The number of carbonyl (C=O) groups excluding carboxylic acids is 1. The molecule has 1 saturated carbocycles. The van der Waals surface area contributed by atoms with Crippen molar-refractivity contribution < 1.29 is 18.7 Å². The van der Waals surface area contributed by atoms with Crippen molar-refractivity contribution in [2.24, 2.45) is 23.7 Å². The fourth-order valence-electron chi connectivity index (χ4n) is 9.60. The number of urea groups is 1. The lowest BCUT2D eigenvalue weighted by molar-refractivity contribution is -0.113. The minimum absolute atomic E-state index is 0.0114. The number of halogens is 2. The van der Waals surface area contributed by atoms with Crippen LogP contribution in [0.25, 0.3) is 0 Å². The second-order valence-corrected chi connectivity index (χ2v) is 14.7. The fourth-order valence-corrected chi connectivity index (χ4v) is 9.60. The van der Waals surface area contributed by atoms with E-state index in [-0.39, 0.29) is 66.6 Å². The van der Waals surface area contributed by atoms with Gasteiger partial charge in [0.25, 0.3) is 0 Å². The number of fused-ring (bicyclic) bond motifs is 5. The maximum Gasteiger partial charge on any atom is 0.320 e. The summed E-state index contributed by atoms with van der Waals surface area (Å²) >= 11 is 0. The normalized spacial score (nSPS) is 47.0. The van der Waals surface area contributed by atoms with Gasteiger partial charge < -0.3 is 26.0 Å². The minimum Gasteiger partial charge on any atom is -0.375 e. The summed E-state index contributed by atoms with van der Waals surface area (Å²) in [7, 11) is 0. The first-order valence-corrected chi connectivity index (χ1v) is 17.2. The molecule has 2 amide bonds. The van der Waals surface area contributed by atoms with Crippen molar-refractivity contribution >= 4 is 6.03 Å². The van der Waals surface area contributed by atoms with Crippen LogP contribution in [0.4, 0.5) is 13.6 Å². The number of amides is 2. The van der Waals surface area contributed by atoms with E-state index >= 15 is 8.78 Å². The number of piperazine rings is 1. The number of alkyl halides is 2. The zero-order valence-electron chi connectivity index (χ0n) is 26.9. The number of hydrogen-bond donors (Lipinski definition) is 5. The minimum atomic E-state index is -1.24. The van der Waals surface area contributed by atoms with Crippen LogP contribution in [0.15, 0.2) is 24.8 Å². The molecule has 0 spiro atoms. The predicted octanol–water partition coefficient (Wildman–Crippen LogP) is 2.55. The van der Waals surface area contributed by atoms with Crippen molar-refractivity contribution in [3.05, 3.63) is 24.8 Å². The summed E-state index contributed by atoms with van der Waals surface area (Å²) in [6, 6.07) is -0.967. The van der Waals surface area contributed by atoms with Crippen LogP contribution in [0.2, 0.25) is 0 Å². The zero-order valence-corrected chi connectivity index (χ0v) is 26.9. The van der Waals surface area contributed by atoms with E-state index in [0.29, 0.717) is 26.1 Å². The zero-order chi connectivity index (χ0) is 31.3. The highest BCUT2D eigenvalue weighted by atomic mass is 19.1. The molecule has 5 N–H and O–H groups in total. The van der Waals surface area contributed by atoms with Crippen molar-refractivity contribution in [3.8, 4) is 0 Å². The van der Waals surface area contributed by atoms with E-state index in [4.69, 9.17) is 0 Å². The van der Waals surface area contributed by atoms with Crippen LogP contribution in [0.1, 0.15) is 59.8 Å². The Morgan fingerprint density at radius 3 is 2.61 bits per heavy atom. The Labute approximate surface area is 262 Å². The summed E-state index contributed by atoms with van der Waals surface area (Å²) in [5.41, 5.74) is 0.